The number of nitrogens with two attached hydrogens (primary N) is 1. The number of aromatic amines is 1. The van der Waals surface area contributed by atoms with Crippen LogP contribution in [-0.4, -0.2) is 58.7 Å². The zero-order valence-corrected chi connectivity index (χ0v) is 15.0. The number of carboxylic acid groups (broad SMARTS) is 1. The Bertz CT molecular complexity index is 1030. The number of carbonyl (C=O) groups is 3. The van der Waals surface area contributed by atoms with Crippen LogP contribution in [0, 0.1) is 0 Å². The third-order valence-electron chi connectivity index (χ3n) is 4.06. The molecule has 29 heavy (non-hydrogen) atoms. The van der Waals surface area contributed by atoms with Crippen molar-refractivity contribution in [2.75, 3.05) is 29.0 Å². The molecule has 1 atom stereocenters. The molecule has 0 bridgehead atoms. The van der Waals surface area contributed by atoms with Crippen LogP contribution in [0.1, 0.15) is 10.4 Å². The van der Waals surface area contributed by atoms with E-state index in [0.717, 1.165) is 0 Å². The lowest BCUT2D eigenvalue weighted by molar-refractivity contribution is -0.135. The van der Waals surface area contributed by atoms with Gasteiger partial charge in [0.05, 0.1) is 6.04 Å². The summed E-state index contributed by atoms with van der Waals surface area (Å²) < 4.78 is 0. The van der Waals surface area contributed by atoms with Crippen molar-refractivity contribution < 1.29 is 19.5 Å². The number of rotatable bonds is 7. The lowest BCUT2D eigenvalue weighted by Crippen LogP contribution is -2.45. The van der Waals surface area contributed by atoms with Crippen molar-refractivity contribution in [3.8, 4) is 0 Å². The van der Waals surface area contributed by atoms with E-state index in [4.69, 9.17) is 10.8 Å². The molecule has 0 fully saturated rings. The molecule has 12 nitrogen and oxygen atoms in total. The summed E-state index contributed by atoms with van der Waals surface area (Å²) in [6, 6.07) is 5.76. The Balaban J connectivity index is 1.67. The molecular weight excluding hydrogens is 382 g/mol. The molecule has 0 radical (unpaired) electrons. The van der Waals surface area contributed by atoms with Gasteiger partial charge in [0.15, 0.2) is 11.5 Å². The molecule has 0 saturated carbocycles. The normalized spacial score (nSPS) is 14.8. The van der Waals surface area contributed by atoms with Gasteiger partial charge in [0.2, 0.25) is 12.4 Å². The number of aliphatic carboxylic acids is 1. The molecule has 2 amide bonds. The van der Waals surface area contributed by atoms with Gasteiger partial charge in [-0.05, 0) is 24.3 Å². The standard InChI is InChI=1S/C17H17N7O5/c18-17-22-14-13(16(29)23-17)24(8-25)11(6-20-14)5-19-10-3-1-9(2-4-10)15(28)21-7-12(26)27/h1-4,6,8,11,19H,5,7H2,(H,21,28)(H,26,27)(H3,18,22,23,29)/t11-/m0/s1. The van der Waals surface area contributed by atoms with E-state index in [2.05, 4.69) is 25.6 Å². The number of carboxylic acids is 1. The van der Waals surface area contributed by atoms with E-state index >= 15 is 0 Å². The summed E-state index contributed by atoms with van der Waals surface area (Å²) in [5, 5.41) is 13.9. The Morgan fingerprint density at radius 3 is 2.69 bits per heavy atom. The molecule has 12 heteroatoms. The van der Waals surface area contributed by atoms with Gasteiger partial charge in [-0.25, -0.2) is 4.99 Å². The van der Waals surface area contributed by atoms with Gasteiger partial charge in [0.25, 0.3) is 11.5 Å². The summed E-state index contributed by atoms with van der Waals surface area (Å²) in [4.78, 5) is 57.5. The van der Waals surface area contributed by atoms with Gasteiger partial charge in [-0.2, -0.15) is 4.98 Å². The zero-order valence-electron chi connectivity index (χ0n) is 15.0. The summed E-state index contributed by atoms with van der Waals surface area (Å²) >= 11 is 0. The second-order valence-electron chi connectivity index (χ2n) is 6.02. The highest BCUT2D eigenvalue weighted by Gasteiger charge is 2.27. The van der Waals surface area contributed by atoms with Crippen molar-refractivity contribution in [2.24, 2.45) is 4.99 Å². The van der Waals surface area contributed by atoms with Crippen molar-refractivity contribution in [3.05, 3.63) is 40.2 Å². The number of H-pyrrole nitrogens is 1. The molecule has 3 rings (SSSR count). The van der Waals surface area contributed by atoms with Crippen LogP contribution in [0.25, 0.3) is 0 Å². The number of hydrogen-bond acceptors (Lipinski definition) is 8. The van der Waals surface area contributed by atoms with Crippen LogP contribution >= 0.6 is 0 Å². The number of anilines is 3. The van der Waals surface area contributed by atoms with Gasteiger partial charge < -0.3 is 21.5 Å². The lowest BCUT2D eigenvalue weighted by atomic mass is 10.1. The van der Waals surface area contributed by atoms with Gasteiger partial charge in [0.1, 0.15) is 6.54 Å². The van der Waals surface area contributed by atoms with Gasteiger partial charge in [-0.1, -0.05) is 0 Å². The van der Waals surface area contributed by atoms with E-state index < -0.39 is 30.0 Å². The maximum absolute atomic E-state index is 12.1. The van der Waals surface area contributed by atoms with Crippen LogP contribution in [0.15, 0.2) is 34.1 Å². The van der Waals surface area contributed by atoms with Crippen molar-refractivity contribution in [2.45, 2.75) is 6.04 Å². The predicted molar refractivity (Wildman–Crippen MR) is 105 cm³/mol. The number of amides is 2. The minimum Gasteiger partial charge on any atom is -0.480 e. The molecule has 1 aliphatic rings. The molecule has 0 saturated heterocycles. The van der Waals surface area contributed by atoms with Gasteiger partial charge in [0, 0.05) is 24.0 Å². The predicted octanol–water partition coefficient (Wildman–Crippen LogP) is -0.674. The van der Waals surface area contributed by atoms with Gasteiger partial charge >= 0.3 is 5.97 Å². The van der Waals surface area contributed by atoms with Crippen molar-refractivity contribution in [1.82, 2.24) is 15.3 Å². The number of aliphatic imine (C=N–C) groups is 1. The molecule has 1 aliphatic heterocycles. The number of nitrogens with zero attached hydrogens (tertiary/aromatic N) is 3. The molecule has 1 aromatic carbocycles. The molecule has 150 valence electrons. The fourth-order valence-electron chi connectivity index (χ4n) is 2.69. The number of nitrogen functional groups attached to an aromatic ring is 1. The molecular formula is C17H17N7O5. The largest absolute Gasteiger partial charge is 0.480 e. The van der Waals surface area contributed by atoms with E-state index in [1.165, 1.54) is 23.2 Å². The SMILES string of the molecule is Nc1nc2c(c(=O)[nH]1)N(C=O)[C@@H](CNc1ccc(C(=O)NCC(=O)O)cc1)C=N2. The number of fused-ring (bicyclic) bond motifs is 1. The number of carbonyl (C=O) groups excluding carboxylic acids is 2. The molecule has 0 spiro atoms. The first-order valence-corrected chi connectivity index (χ1v) is 8.40. The van der Waals surface area contributed by atoms with Crippen LogP contribution in [0.2, 0.25) is 0 Å². The van der Waals surface area contributed by atoms with E-state index in [-0.39, 0.29) is 24.0 Å². The Hall–Kier alpha value is -4.22. The number of benzene rings is 1. The second-order valence-corrected chi connectivity index (χ2v) is 6.02. The summed E-state index contributed by atoms with van der Waals surface area (Å²) in [5.74, 6) is -1.68. The summed E-state index contributed by atoms with van der Waals surface area (Å²) in [6.07, 6.45) is 1.99. The molecule has 1 aromatic heterocycles. The highest BCUT2D eigenvalue weighted by molar-refractivity contribution is 5.96. The first-order chi connectivity index (χ1) is 13.9. The molecule has 2 heterocycles. The van der Waals surface area contributed by atoms with Gasteiger partial charge in [-0.3, -0.25) is 29.1 Å². The fraction of sp³-hybridized carbons (Fsp3) is 0.176. The Kier molecular flexibility index (Phi) is 5.53. The van der Waals surface area contributed by atoms with Crippen molar-refractivity contribution >= 4 is 47.6 Å². The maximum Gasteiger partial charge on any atom is 0.322 e. The quantitative estimate of drug-likeness (QED) is 0.379. The number of nitrogens with one attached hydrogen (secondary N) is 3. The summed E-state index contributed by atoms with van der Waals surface area (Å²) in [6.45, 7) is -0.238. The maximum atomic E-state index is 12.1. The zero-order chi connectivity index (χ0) is 21.0. The van der Waals surface area contributed by atoms with Crippen LogP contribution in [-0.2, 0) is 9.59 Å². The van der Waals surface area contributed by atoms with Crippen molar-refractivity contribution in [1.29, 1.82) is 0 Å². The summed E-state index contributed by atoms with van der Waals surface area (Å²) in [5.41, 5.74) is 5.87. The fourth-order valence-corrected chi connectivity index (χ4v) is 2.69. The Labute approximate surface area is 163 Å². The second kappa shape index (κ2) is 8.21. The highest BCUT2D eigenvalue weighted by atomic mass is 16.4. The Morgan fingerprint density at radius 2 is 2.03 bits per heavy atom. The van der Waals surface area contributed by atoms with E-state index in [1.807, 2.05) is 0 Å². The first kappa shape index (κ1) is 19.5. The minimum absolute atomic E-state index is 0.00829. The first-order valence-electron chi connectivity index (χ1n) is 8.40. The third-order valence-corrected chi connectivity index (χ3v) is 4.06. The Morgan fingerprint density at radius 1 is 1.31 bits per heavy atom. The molecule has 0 unspecified atom stereocenters. The average Bonchev–Trinajstić information content (AvgIpc) is 2.70. The molecule has 6 N–H and O–H groups in total. The number of aromatic nitrogens is 2. The molecule has 2 aromatic rings. The van der Waals surface area contributed by atoms with E-state index in [1.54, 1.807) is 12.1 Å². The van der Waals surface area contributed by atoms with E-state index in [9.17, 15) is 19.2 Å². The van der Waals surface area contributed by atoms with Crippen LogP contribution in [0.5, 0.6) is 0 Å². The minimum atomic E-state index is -1.14. The van der Waals surface area contributed by atoms with Crippen molar-refractivity contribution in [3.63, 3.8) is 0 Å². The van der Waals surface area contributed by atoms with Crippen LogP contribution < -0.4 is 26.8 Å². The smallest absolute Gasteiger partial charge is 0.322 e. The highest BCUT2D eigenvalue weighted by Crippen LogP contribution is 2.26. The topological polar surface area (TPSA) is 183 Å². The third kappa shape index (κ3) is 4.37. The number of hydrogen-bond donors (Lipinski definition) is 5. The van der Waals surface area contributed by atoms with Gasteiger partial charge in [-0.15, -0.1) is 0 Å². The van der Waals surface area contributed by atoms with E-state index in [0.29, 0.717) is 17.7 Å². The summed E-state index contributed by atoms with van der Waals surface area (Å²) in [7, 11) is 0. The van der Waals surface area contributed by atoms with Crippen LogP contribution in [0.4, 0.5) is 23.1 Å². The average molecular weight is 399 g/mol. The lowest BCUT2D eigenvalue weighted by Gasteiger charge is -2.28. The van der Waals surface area contributed by atoms with Crippen LogP contribution in [0.3, 0.4) is 0 Å². The monoisotopic (exact) mass is 399 g/mol. The molecule has 0 aliphatic carbocycles.